The number of para-hydroxylation sites is 1. The van der Waals surface area contributed by atoms with Gasteiger partial charge in [0.2, 0.25) is 10.0 Å². The quantitative estimate of drug-likeness (QED) is 0.549. The van der Waals surface area contributed by atoms with Gasteiger partial charge in [-0.2, -0.15) is 4.31 Å². The summed E-state index contributed by atoms with van der Waals surface area (Å²) < 4.78 is 27.9. The zero-order chi connectivity index (χ0) is 24.1. The number of rotatable bonds is 6. The number of amides is 2. The fourth-order valence-electron chi connectivity index (χ4n) is 4.21. The van der Waals surface area contributed by atoms with Crippen molar-refractivity contribution in [3.63, 3.8) is 0 Å². The average molecular weight is 479 g/mol. The van der Waals surface area contributed by atoms with Crippen LogP contribution in [0, 0.1) is 6.92 Å². The summed E-state index contributed by atoms with van der Waals surface area (Å²) in [6.07, 6.45) is 1.90. The highest BCUT2D eigenvalue weighted by molar-refractivity contribution is 7.89. The molecular weight excluding hydrogens is 448 g/mol. The smallest absolute Gasteiger partial charge is 0.307 e. The first kappa shape index (κ1) is 23.9. The summed E-state index contributed by atoms with van der Waals surface area (Å²) in [6, 6.07) is 21.5. The van der Waals surface area contributed by atoms with E-state index in [0.717, 1.165) is 17.7 Å². The van der Waals surface area contributed by atoms with E-state index < -0.39 is 10.0 Å². The van der Waals surface area contributed by atoms with Crippen molar-refractivity contribution in [1.29, 1.82) is 0 Å². The van der Waals surface area contributed by atoms with Crippen LogP contribution in [0.4, 0.5) is 16.3 Å². The number of sulfonamides is 1. The number of hydrogen-bond acceptors (Lipinski definition) is 4. The summed E-state index contributed by atoms with van der Waals surface area (Å²) in [5, 5.41) is 2.95. The molecule has 0 aliphatic carbocycles. The molecule has 1 N–H and O–H groups in total. The molecule has 2 heterocycles. The fourth-order valence-corrected chi connectivity index (χ4v) is 5.68. The van der Waals surface area contributed by atoms with Gasteiger partial charge in [0.05, 0.1) is 4.90 Å². The maximum absolute atomic E-state index is 13.3. The molecule has 3 aromatic rings. The van der Waals surface area contributed by atoms with Gasteiger partial charge < -0.3 is 5.32 Å². The van der Waals surface area contributed by atoms with Crippen molar-refractivity contribution in [2.24, 2.45) is 0 Å². The molecule has 1 aliphatic rings. The summed E-state index contributed by atoms with van der Waals surface area (Å²) in [4.78, 5) is 19.9. The molecule has 8 heteroatoms. The SMILES string of the molecule is CCc1ccc(S(=O)(=O)N2CCC(N(C(=O)Nc3ccccc3)c3cccc(C)n3)CC2)cc1. The molecule has 1 aromatic heterocycles. The van der Waals surface area contributed by atoms with Gasteiger partial charge in [-0.15, -0.1) is 0 Å². The lowest BCUT2D eigenvalue weighted by Gasteiger charge is -2.37. The van der Waals surface area contributed by atoms with E-state index in [-0.39, 0.29) is 12.1 Å². The van der Waals surface area contributed by atoms with Crippen LogP contribution in [0.2, 0.25) is 0 Å². The Labute approximate surface area is 201 Å². The zero-order valence-corrected chi connectivity index (χ0v) is 20.3. The van der Waals surface area contributed by atoms with Gasteiger partial charge in [0, 0.05) is 30.5 Å². The molecule has 7 nitrogen and oxygen atoms in total. The first-order chi connectivity index (χ1) is 16.4. The Hall–Kier alpha value is -3.23. The molecule has 0 unspecified atom stereocenters. The minimum Gasteiger partial charge on any atom is -0.307 e. The van der Waals surface area contributed by atoms with E-state index >= 15 is 0 Å². The summed E-state index contributed by atoms with van der Waals surface area (Å²) in [6.45, 7) is 4.60. The van der Waals surface area contributed by atoms with Crippen molar-refractivity contribution in [3.8, 4) is 0 Å². The third-order valence-electron chi connectivity index (χ3n) is 6.12. The molecule has 1 fully saturated rings. The summed E-state index contributed by atoms with van der Waals surface area (Å²) in [7, 11) is -3.58. The number of nitrogens with one attached hydrogen (secondary N) is 1. The Balaban J connectivity index is 1.52. The Morgan fingerprint density at radius 1 is 1.00 bits per heavy atom. The molecule has 0 bridgehead atoms. The number of carbonyl (C=O) groups excluding carboxylic acids is 1. The van der Waals surface area contributed by atoms with Crippen LogP contribution in [0.15, 0.2) is 77.7 Å². The molecular formula is C26H30N4O3S. The van der Waals surface area contributed by atoms with Crippen LogP contribution in [0.5, 0.6) is 0 Å². The molecule has 34 heavy (non-hydrogen) atoms. The third kappa shape index (κ3) is 5.29. The normalized spacial score (nSPS) is 15.1. The highest BCUT2D eigenvalue weighted by atomic mass is 32.2. The molecule has 1 aliphatic heterocycles. The molecule has 0 spiro atoms. The van der Waals surface area contributed by atoms with E-state index in [4.69, 9.17) is 0 Å². The number of aryl methyl sites for hydroxylation is 2. The van der Waals surface area contributed by atoms with Crippen LogP contribution < -0.4 is 10.2 Å². The highest BCUT2D eigenvalue weighted by Gasteiger charge is 2.34. The van der Waals surface area contributed by atoms with E-state index in [2.05, 4.69) is 10.3 Å². The lowest BCUT2D eigenvalue weighted by atomic mass is 10.0. The number of aromatic nitrogens is 1. The monoisotopic (exact) mass is 478 g/mol. The van der Waals surface area contributed by atoms with Crippen LogP contribution in [-0.2, 0) is 16.4 Å². The number of carbonyl (C=O) groups is 1. The second kappa shape index (κ2) is 10.4. The van der Waals surface area contributed by atoms with Gasteiger partial charge >= 0.3 is 6.03 Å². The van der Waals surface area contributed by atoms with E-state index in [1.165, 1.54) is 4.31 Å². The van der Waals surface area contributed by atoms with Crippen LogP contribution in [0.25, 0.3) is 0 Å². The van der Waals surface area contributed by atoms with E-state index in [1.807, 2.05) is 74.5 Å². The van der Waals surface area contributed by atoms with Gasteiger partial charge in [0.25, 0.3) is 0 Å². The third-order valence-corrected chi connectivity index (χ3v) is 8.04. The molecule has 4 rings (SSSR count). The second-order valence-electron chi connectivity index (χ2n) is 8.44. The van der Waals surface area contributed by atoms with Crippen LogP contribution >= 0.6 is 0 Å². The lowest BCUT2D eigenvalue weighted by Crippen LogP contribution is -2.50. The molecule has 0 saturated carbocycles. The molecule has 0 atom stereocenters. The van der Waals surface area contributed by atoms with Crippen molar-refractivity contribution in [1.82, 2.24) is 9.29 Å². The van der Waals surface area contributed by atoms with E-state index in [9.17, 15) is 13.2 Å². The first-order valence-corrected chi connectivity index (χ1v) is 13.0. The molecule has 178 valence electrons. The van der Waals surface area contributed by atoms with E-state index in [0.29, 0.717) is 42.3 Å². The predicted molar refractivity (Wildman–Crippen MR) is 135 cm³/mol. The minimum absolute atomic E-state index is 0.174. The van der Waals surface area contributed by atoms with Crippen molar-refractivity contribution in [2.45, 2.75) is 44.0 Å². The number of benzene rings is 2. The highest BCUT2D eigenvalue weighted by Crippen LogP contribution is 2.27. The van der Waals surface area contributed by atoms with Crippen LogP contribution in [-0.4, -0.2) is 42.9 Å². The summed E-state index contributed by atoms with van der Waals surface area (Å²) in [5.74, 6) is 0.560. The number of nitrogens with zero attached hydrogens (tertiary/aromatic N) is 3. The van der Waals surface area contributed by atoms with Gasteiger partial charge in [0.15, 0.2) is 0 Å². The summed E-state index contributed by atoms with van der Waals surface area (Å²) in [5.41, 5.74) is 2.61. The largest absolute Gasteiger partial charge is 0.327 e. The van der Waals surface area contributed by atoms with Gasteiger partial charge in [-0.05, 0) is 68.1 Å². The topological polar surface area (TPSA) is 82.6 Å². The van der Waals surface area contributed by atoms with Crippen molar-refractivity contribution in [3.05, 3.63) is 84.1 Å². The molecule has 0 radical (unpaired) electrons. The second-order valence-corrected chi connectivity index (χ2v) is 10.4. The maximum Gasteiger partial charge on any atom is 0.327 e. The van der Waals surface area contributed by atoms with Crippen LogP contribution in [0.3, 0.4) is 0 Å². The van der Waals surface area contributed by atoms with Gasteiger partial charge in [0.1, 0.15) is 5.82 Å². The first-order valence-electron chi connectivity index (χ1n) is 11.6. The lowest BCUT2D eigenvalue weighted by molar-refractivity contribution is 0.248. The average Bonchev–Trinajstić information content (AvgIpc) is 2.85. The van der Waals surface area contributed by atoms with Gasteiger partial charge in [-0.25, -0.2) is 18.2 Å². The minimum atomic E-state index is -3.58. The maximum atomic E-state index is 13.3. The van der Waals surface area contributed by atoms with Crippen molar-refractivity contribution in [2.75, 3.05) is 23.3 Å². The number of pyridine rings is 1. The van der Waals surface area contributed by atoms with Crippen LogP contribution in [0.1, 0.15) is 31.0 Å². The number of hydrogen-bond donors (Lipinski definition) is 1. The Kier molecular flexibility index (Phi) is 7.29. The number of piperidine rings is 1. The molecule has 2 aromatic carbocycles. The Bertz CT molecular complexity index is 1220. The fraction of sp³-hybridized carbons (Fsp3) is 0.308. The Morgan fingerprint density at radius 2 is 1.68 bits per heavy atom. The Morgan fingerprint density at radius 3 is 2.29 bits per heavy atom. The molecule has 1 saturated heterocycles. The number of urea groups is 1. The van der Waals surface area contributed by atoms with Crippen molar-refractivity contribution >= 4 is 27.6 Å². The van der Waals surface area contributed by atoms with Gasteiger partial charge in [-0.1, -0.05) is 43.3 Å². The molecule has 2 amide bonds. The van der Waals surface area contributed by atoms with E-state index in [1.54, 1.807) is 17.0 Å². The summed E-state index contributed by atoms with van der Waals surface area (Å²) >= 11 is 0. The predicted octanol–water partition coefficient (Wildman–Crippen LogP) is 4.84. The standard InChI is InChI=1S/C26H30N4O3S/c1-3-21-12-14-24(15-13-21)34(32,33)29-18-16-23(17-19-29)30(25-11-7-8-20(2)27-25)26(31)28-22-9-5-4-6-10-22/h4-15,23H,3,16-19H2,1-2H3,(H,28,31). The van der Waals surface area contributed by atoms with Crippen molar-refractivity contribution < 1.29 is 13.2 Å². The number of anilines is 2. The van der Waals surface area contributed by atoms with Gasteiger partial charge in [-0.3, -0.25) is 4.90 Å². The zero-order valence-electron chi connectivity index (χ0n) is 19.5.